The molecule has 176 valence electrons. The van der Waals surface area contributed by atoms with E-state index in [1.807, 2.05) is 24.3 Å². The van der Waals surface area contributed by atoms with Gasteiger partial charge in [-0.25, -0.2) is 9.59 Å². The maximum Gasteiger partial charge on any atom is 0.407 e. The highest BCUT2D eigenvalue weighted by Gasteiger charge is 2.66. The van der Waals surface area contributed by atoms with Crippen molar-refractivity contribution in [2.75, 3.05) is 6.61 Å². The normalized spacial score (nSPS) is 27.5. The van der Waals surface area contributed by atoms with Gasteiger partial charge < -0.3 is 20.5 Å². The SMILES string of the molecule is O=C(N[C@@H]1C[C@H]2C[C@@]2(C(=O)NC2(C(=O)O)CCC2)C1)OCC1c2ccccc2-c2ccccc21. The van der Waals surface area contributed by atoms with Crippen LogP contribution in [0.4, 0.5) is 4.79 Å². The van der Waals surface area contributed by atoms with Crippen LogP contribution in [0.5, 0.6) is 0 Å². The molecule has 0 aliphatic heterocycles. The van der Waals surface area contributed by atoms with E-state index in [2.05, 4.69) is 34.9 Å². The Labute approximate surface area is 197 Å². The van der Waals surface area contributed by atoms with E-state index in [1.54, 1.807) is 0 Å². The summed E-state index contributed by atoms with van der Waals surface area (Å²) in [5.74, 6) is -0.928. The number of carbonyl (C=O) groups excluding carboxylic acids is 2. The van der Waals surface area contributed by atoms with Crippen molar-refractivity contribution in [2.45, 2.75) is 56.0 Å². The van der Waals surface area contributed by atoms with Gasteiger partial charge in [-0.3, -0.25) is 4.79 Å². The van der Waals surface area contributed by atoms with E-state index in [4.69, 9.17) is 4.74 Å². The van der Waals surface area contributed by atoms with Crippen LogP contribution in [-0.4, -0.2) is 41.3 Å². The van der Waals surface area contributed by atoms with Crippen LogP contribution < -0.4 is 10.6 Å². The van der Waals surface area contributed by atoms with E-state index in [-0.39, 0.29) is 30.4 Å². The number of alkyl carbamates (subject to hydrolysis) is 1. The van der Waals surface area contributed by atoms with E-state index in [0.717, 1.165) is 30.4 Å². The number of nitrogens with one attached hydrogen (secondary N) is 2. The minimum Gasteiger partial charge on any atom is -0.480 e. The van der Waals surface area contributed by atoms with Gasteiger partial charge in [0.2, 0.25) is 5.91 Å². The van der Waals surface area contributed by atoms with Crippen LogP contribution in [0, 0.1) is 11.3 Å². The molecule has 3 fully saturated rings. The fraction of sp³-hybridized carbons (Fsp3) is 0.444. The van der Waals surface area contributed by atoms with Gasteiger partial charge >= 0.3 is 12.1 Å². The van der Waals surface area contributed by atoms with Crippen molar-refractivity contribution in [3.05, 3.63) is 59.7 Å². The minimum atomic E-state index is -1.10. The summed E-state index contributed by atoms with van der Waals surface area (Å²) in [7, 11) is 0. The second-order valence-electron chi connectivity index (χ2n) is 10.4. The molecular weight excluding hydrogens is 432 g/mol. The molecule has 7 heteroatoms. The summed E-state index contributed by atoms with van der Waals surface area (Å²) in [6.07, 6.45) is 3.32. The van der Waals surface area contributed by atoms with Crippen molar-refractivity contribution in [3.63, 3.8) is 0 Å². The number of hydrogen-bond acceptors (Lipinski definition) is 4. The largest absolute Gasteiger partial charge is 0.480 e. The quantitative estimate of drug-likeness (QED) is 0.608. The molecule has 2 amide bonds. The molecule has 4 aliphatic rings. The molecule has 0 aromatic heterocycles. The number of fused-ring (bicyclic) bond motifs is 4. The van der Waals surface area contributed by atoms with Gasteiger partial charge in [-0.15, -0.1) is 0 Å². The zero-order valence-corrected chi connectivity index (χ0v) is 18.9. The number of amides is 2. The molecule has 0 saturated heterocycles. The van der Waals surface area contributed by atoms with Crippen LogP contribution in [0.25, 0.3) is 11.1 Å². The van der Waals surface area contributed by atoms with Gasteiger partial charge in [-0.1, -0.05) is 48.5 Å². The summed E-state index contributed by atoms with van der Waals surface area (Å²) >= 11 is 0. The lowest BCUT2D eigenvalue weighted by Crippen LogP contribution is -2.60. The third kappa shape index (κ3) is 3.21. The number of rotatable bonds is 6. The Kier molecular flexibility index (Phi) is 4.73. The number of benzene rings is 2. The fourth-order valence-electron chi connectivity index (χ4n) is 6.36. The monoisotopic (exact) mass is 460 g/mol. The van der Waals surface area contributed by atoms with Gasteiger partial charge in [-0.2, -0.15) is 0 Å². The highest BCUT2D eigenvalue weighted by Crippen LogP contribution is 2.64. The zero-order valence-electron chi connectivity index (χ0n) is 18.9. The first-order valence-electron chi connectivity index (χ1n) is 12.1. The number of ether oxygens (including phenoxy) is 1. The van der Waals surface area contributed by atoms with E-state index in [1.165, 1.54) is 11.1 Å². The Hall–Kier alpha value is -3.35. The Balaban J connectivity index is 1.06. The molecule has 0 bridgehead atoms. The Bertz CT molecular complexity index is 1140. The molecule has 2 aromatic carbocycles. The molecule has 4 aliphatic carbocycles. The van der Waals surface area contributed by atoms with Crippen molar-refractivity contribution >= 4 is 18.0 Å². The Morgan fingerprint density at radius 1 is 0.971 bits per heavy atom. The number of hydrogen-bond donors (Lipinski definition) is 3. The van der Waals surface area contributed by atoms with Crippen molar-refractivity contribution in [1.82, 2.24) is 10.6 Å². The molecule has 0 radical (unpaired) electrons. The van der Waals surface area contributed by atoms with Gasteiger partial charge in [0.1, 0.15) is 12.1 Å². The highest BCUT2D eigenvalue weighted by atomic mass is 16.5. The first-order chi connectivity index (χ1) is 16.4. The lowest BCUT2D eigenvalue weighted by Gasteiger charge is -2.39. The molecule has 34 heavy (non-hydrogen) atoms. The molecular formula is C27H28N2O5. The molecule has 3 saturated carbocycles. The smallest absolute Gasteiger partial charge is 0.407 e. The summed E-state index contributed by atoms with van der Waals surface area (Å²) in [4.78, 5) is 37.2. The zero-order chi connectivity index (χ0) is 23.5. The molecule has 3 N–H and O–H groups in total. The van der Waals surface area contributed by atoms with Crippen LogP contribution >= 0.6 is 0 Å². The predicted octanol–water partition coefficient (Wildman–Crippen LogP) is 3.82. The standard InChI is InChI=1S/C27H28N2O5/c30-23(29-27(24(31)32)10-5-11-27)26-13-16(26)12-17(14-26)28-25(33)34-15-22-20-8-3-1-6-18(20)19-7-2-4-9-21(19)22/h1-4,6-9,16-17,22H,5,10-15H2,(H,28,33)(H,29,30)(H,31,32)/t16-,17+,26+/m0/s1. The summed E-state index contributed by atoms with van der Waals surface area (Å²) in [6, 6.07) is 16.3. The van der Waals surface area contributed by atoms with Gasteiger partial charge in [0.25, 0.3) is 0 Å². The van der Waals surface area contributed by atoms with E-state index >= 15 is 0 Å². The first-order valence-corrected chi connectivity index (χ1v) is 12.1. The molecule has 2 aromatic rings. The van der Waals surface area contributed by atoms with Gasteiger partial charge in [0.05, 0.1) is 5.41 Å². The lowest BCUT2D eigenvalue weighted by molar-refractivity contribution is -0.152. The maximum atomic E-state index is 13.0. The third-order valence-electron chi connectivity index (χ3n) is 8.50. The van der Waals surface area contributed by atoms with Crippen molar-refractivity contribution in [2.24, 2.45) is 11.3 Å². The lowest BCUT2D eigenvalue weighted by atomic mass is 9.76. The number of aliphatic carboxylic acids is 1. The number of carboxylic acid groups (broad SMARTS) is 1. The predicted molar refractivity (Wildman–Crippen MR) is 124 cm³/mol. The maximum absolute atomic E-state index is 13.0. The third-order valence-corrected chi connectivity index (χ3v) is 8.50. The molecule has 3 atom stereocenters. The van der Waals surface area contributed by atoms with Crippen LogP contribution in [0.1, 0.15) is 55.6 Å². The second-order valence-corrected chi connectivity index (χ2v) is 10.4. The summed E-state index contributed by atoms with van der Waals surface area (Å²) in [5.41, 5.74) is 3.05. The van der Waals surface area contributed by atoms with Crippen LogP contribution in [-0.2, 0) is 14.3 Å². The molecule has 7 nitrogen and oxygen atoms in total. The summed E-state index contributed by atoms with van der Waals surface area (Å²) in [6.45, 7) is 0.253. The molecule has 0 unspecified atom stereocenters. The fourth-order valence-corrected chi connectivity index (χ4v) is 6.36. The average molecular weight is 461 g/mol. The van der Waals surface area contributed by atoms with Crippen molar-refractivity contribution in [1.29, 1.82) is 0 Å². The van der Waals surface area contributed by atoms with Crippen molar-refractivity contribution < 1.29 is 24.2 Å². The van der Waals surface area contributed by atoms with Crippen LogP contribution in [0.15, 0.2) is 48.5 Å². The van der Waals surface area contributed by atoms with Crippen LogP contribution in [0.3, 0.4) is 0 Å². The topological polar surface area (TPSA) is 105 Å². The van der Waals surface area contributed by atoms with Gasteiger partial charge in [-0.05, 0) is 66.7 Å². The average Bonchev–Trinajstić information content (AvgIpc) is 3.23. The first kappa shape index (κ1) is 21.2. The Morgan fingerprint density at radius 3 is 2.21 bits per heavy atom. The Morgan fingerprint density at radius 2 is 1.62 bits per heavy atom. The van der Waals surface area contributed by atoms with Gasteiger partial charge in [0, 0.05) is 12.0 Å². The summed E-state index contributed by atoms with van der Waals surface area (Å²) in [5, 5.41) is 15.3. The van der Waals surface area contributed by atoms with E-state index in [0.29, 0.717) is 19.3 Å². The number of carboxylic acids is 1. The molecule has 0 heterocycles. The summed E-state index contributed by atoms with van der Waals surface area (Å²) < 4.78 is 5.66. The van der Waals surface area contributed by atoms with Crippen molar-refractivity contribution in [3.8, 4) is 11.1 Å². The highest BCUT2D eigenvalue weighted by molar-refractivity contribution is 5.93. The molecule has 6 rings (SSSR count). The number of carbonyl (C=O) groups is 3. The molecule has 0 spiro atoms. The second kappa shape index (κ2) is 7.58. The minimum absolute atomic E-state index is 0.00179. The van der Waals surface area contributed by atoms with Crippen LogP contribution in [0.2, 0.25) is 0 Å². The van der Waals surface area contributed by atoms with Gasteiger partial charge in [0.15, 0.2) is 0 Å². The van der Waals surface area contributed by atoms with E-state index in [9.17, 15) is 19.5 Å². The van der Waals surface area contributed by atoms with E-state index < -0.39 is 23.0 Å².